The van der Waals surface area contributed by atoms with Crippen molar-refractivity contribution in [3.63, 3.8) is 0 Å². The maximum atomic E-state index is 14.1. The minimum atomic E-state index is -1.07. The standard InChI is InChI=1S/C33H38Cl2N2O5/c1-5-13-36-14-12-32-29-22-7-9-26(41-20(4)38)30(29)42-31(32)25(10-11-33(32,40)27(36)17-22)37(18-19(2)3)28(39)16-21-6-8-23(34)24(35)15-21/h5-9,15,19,25,27,31,40H,1,10-14,16-18H2,2-4H3/t25?,27-,31?,32+,33-/m1/s1. The summed E-state index contributed by atoms with van der Waals surface area (Å²) in [6, 6.07) is 8.72. The maximum Gasteiger partial charge on any atom is 0.308 e. The third kappa shape index (κ3) is 4.47. The van der Waals surface area contributed by atoms with Crippen molar-refractivity contribution < 1.29 is 24.2 Å². The first-order chi connectivity index (χ1) is 20.0. The Labute approximate surface area is 257 Å². The van der Waals surface area contributed by atoms with Crippen molar-refractivity contribution in [1.82, 2.24) is 9.80 Å². The first-order valence-corrected chi connectivity index (χ1v) is 15.6. The SMILES string of the molecule is C=CCN1CC[C@]23c4c5ccc(OC(C)=O)c4OC2C(N(CC(C)C)C(=O)Cc2ccc(Cl)c(Cl)c2)CC[C@@]3(O)[C@H]1C5. The van der Waals surface area contributed by atoms with E-state index >= 15 is 0 Å². The summed E-state index contributed by atoms with van der Waals surface area (Å²) in [5.41, 5.74) is 1.04. The van der Waals surface area contributed by atoms with Crippen molar-refractivity contribution in [3.05, 3.63) is 69.7 Å². The highest BCUT2D eigenvalue weighted by atomic mass is 35.5. The molecule has 1 saturated carbocycles. The van der Waals surface area contributed by atoms with Gasteiger partial charge in [-0.05, 0) is 67.5 Å². The number of halogens is 2. The van der Waals surface area contributed by atoms with Crippen LogP contribution in [-0.4, -0.2) is 70.2 Å². The van der Waals surface area contributed by atoms with Crippen LogP contribution < -0.4 is 9.47 Å². The number of piperidine rings is 1. The number of ether oxygens (including phenoxy) is 2. The summed E-state index contributed by atoms with van der Waals surface area (Å²) < 4.78 is 12.5. The number of carbonyl (C=O) groups excluding carboxylic acids is 2. The van der Waals surface area contributed by atoms with Gasteiger partial charge in [-0.15, -0.1) is 6.58 Å². The number of carbonyl (C=O) groups is 2. The molecule has 0 radical (unpaired) electrons. The van der Waals surface area contributed by atoms with Gasteiger partial charge in [0.05, 0.1) is 33.5 Å². The summed E-state index contributed by atoms with van der Waals surface area (Å²) in [7, 11) is 0. The lowest BCUT2D eigenvalue weighted by Crippen LogP contribution is -2.78. The van der Waals surface area contributed by atoms with Crippen LogP contribution in [0.3, 0.4) is 0 Å². The molecule has 6 rings (SSSR count). The molecule has 0 aromatic heterocycles. The molecule has 1 saturated heterocycles. The van der Waals surface area contributed by atoms with Crippen molar-refractivity contribution in [3.8, 4) is 11.5 Å². The van der Waals surface area contributed by atoms with Crippen LogP contribution in [0.25, 0.3) is 0 Å². The third-order valence-electron chi connectivity index (χ3n) is 9.77. The minimum Gasteiger partial charge on any atom is -0.483 e. The fraction of sp³-hybridized carbons (Fsp3) is 0.515. The molecule has 2 fully saturated rings. The zero-order chi connectivity index (χ0) is 30.0. The fourth-order valence-electron chi connectivity index (χ4n) is 8.27. The highest BCUT2D eigenvalue weighted by molar-refractivity contribution is 6.42. The van der Waals surface area contributed by atoms with Gasteiger partial charge >= 0.3 is 5.97 Å². The molecule has 2 aliphatic heterocycles. The van der Waals surface area contributed by atoms with Crippen LogP contribution in [0.1, 0.15) is 56.7 Å². The highest BCUT2D eigenvalue weighted by Crippen LogP contribution is 2.66. The van der Waals surface area contributed by atoms with E-state index in [0.29, 0.717) is 60.3 Å². The van der Waals surface area contributed by atoms with Gasteiger partial charge in [-0.2, -0.15) is 0 Å². The van der Waals surface area contributed by atoms with Crippen LogP contribution in [0, 0.1) is 5.92 Å². The summed E-state index contributed by atoms with van der Waals surface area (Å²) >= 11 is 12.4. The quantitative estimate of drug-likeness (QED) is 0.246. The number of hydrogen-bond donors (Lipinski definition) is 1. The molecule has 4 aliphatic rings. The Bertz CT molecular complexity index is 1450. The first kappa shape index (κ1) is 29.5. The summed E-state index contributed by atoms with van der Waals surface area (Å²) in [5, 5.41) is 13.7. The van der Waals surface area contributed by atoms with Crippen molar-refractivity contribution in [1.29, 1.82) is 0 Å². The largest absolute Gasteiger partial charge is 0.483 e. The van der Waals surface area contributed by atoms with E-state index in [2.05, 4.69) is 25.3 Å². The minimum absolute atomic E-state index is 0.0228. The monoisotopic (exact) mass is 612 g/mol. The average Bonchev–Trinajstić information content (AvgIpc) is 3.28. The molecule has 9 heteroatoms. The van der Waals surface area contributed by atoms with Gasteiger partial charge in [0.1, 0.15) is 6.10 Å². The molecule has 2 unspecified atom stereocenters. The van der Waals surface area contributed by atoms with Crippen LogP contribution in [0.4, 0.5) is 0 Å². The zero-order valence-electron chi connectivity index (χ0n) is 24.4. The van der Waals surface area contributed by atoms with Crippen LogP contribution in [-0.2, 0) is 27.8 Å². The van der Waals surface area contributed by atoms with Gasteiger partial charge in [0.15, 0.2) is 11.5 Å². The van der Waals surface area contributed by atoms with Crippen molar-refractivity contribution in [2.45, 2.75) is 82.1 Å². The number of rotatable bonds is 8. The molecule has 1 spiro atoms. The first-order valence-electron chi connectivity index (χ1n) is 14.8. The van der Waals surface area contributed by atoms with Gasteiger partial charge < -0.3 is 19.5 Å². The fourth-order valence-corrected chi connectivity index (χ4v) is 8.60. The number of hydrogen-bond acceptors (Lipinski definition) is 6. The Morgan fingerprint density at radius 3 is 2.71 bits per heavy atom. The van der Waals surface area contributed by atoms with Crippen LogP contribution in [0.15, 0.2) is 43.0 Å². The van der Waals surface area contributed by atoms with Crippen LogP contribution >= 0.6 is 23.2 Å². The molecular weight excluding hydrogens is 575 g/mol. The Hall–Kier alpha value is -2.58. The van der Waals surface area contributed by atoms with Gasteiger partial charge in [0, 0.05) is 31.6 Å². The summed E-state index contributed by atoms with van der Waals surface area (Å²) in [6.45, 7) is 11.5. The van der Waals surface area contributed by atoms with E-state index in [-0.39, 0.29) is 30.3 Å². The van der Waals surface area contributed by atoms with Gasteiger partial charge in [-0.1, -0.05) is 55.3 Å². The summed E-state index contributed by atoms with van der Waals surface area (Å²) in [6.07, 6.45) is 4.03. The molecule has 224 valence electrons. The summed E-state index contributed by atoms with van der Waals surface area (Å²) in [5.74, 6) is 0.670. The molecule has 2 heterocycles. The lowest BCUT2D eigenvalue weighted by Gasteiger charge is -2.64. The number of esters is 1. The Morgan fingerprint density at radius 2 is 2.02 bits per heavy atom. The van der Waals surface area contributed by atoms with Gasteiger partial charge in [0.2, 0.25) is 5.91 Å². The molecule has 42 heavy (non-hydrogen) atoms. The Kier molecular flexibility index (Phi) is 7.62. The predicted octanol–water partition coefficient (Wildman–Crippen LogP) is 5.35. The topological polar surface area (TPSA) is 79.3 Å². The third-order valence-corrected chi connectivity index (χ3v) is 10.5. The second-order valence-corrected chi connectivity index (χ2v) is 13.5. The van der Waals surface area contributed by atoms with E-state index in [1.54, 1.807) is 18.2 Å². The number of benzene rings is 2. The molecule has 2 aliphatic carbocycles. The number of aliphatic hydroxyl groups is 1. The second kappa shape index (κ2) is 10.8. The number of nitrogens with zero attached hydrogens (tertiary/aromatic N) is 2. The van der Waals surface area contributed by atoms with E-state index in [1.807, 2.05) is 23.1 Å². The number of amides is 1. The average molecular weight is 614 g/mol. The molecule has 5 atom stereocenters. The Balaban J connectivity index is 1.45. The highest BCUT2D eigenvalue weighted by Gasteiger charge is 2.73. The van der Waals surface area contributed by atoms with Crippen LogP contribution in [0.5, 0.6) is 11.5 Å². The van der Waals surface area contributed by atoms with Crippen molar-refractivity contribution in [2.75, 3.05) is 19.6 Å². The lowest BCUT2D eigenvalue weighted by molar-refractivity contribution is -0.200. The summed E-state index contributed by atoms with van der Waals surface area (Å²) in [4.78, 5) is 30.5. The van der Waals surface area contributed by atoms with Crippen LogP contribution in [0.2, 0.25) is 10.0 Å². The van der Waals surface area contributed by atoms with E-state index in [4.69, 9.17) is 32.7 Å². The molecule has 7 nitrogen and oxygen atoms in total. The van der Waals surface area contributed by atoms with Gasteiger partial charge in [-0.3, -0.25) is 14.5 Å². The number of likely N-dealkylation sites (tertiary alicyclic amines) is 1. The van der Waals surface area contributed by atoms with Gasteiger partial charge in [0.25, 0.3) is 0 Å². The van der Waals surface area contributed by atoms with E-state index in [1.165, 1.54) is 6.92 Å². The molecule has 2 aromatic rings. The molecule has 1 amide bonds. The smallest absolute Gasteiger partial charge is 0.308 e. The molecular formula is C33H38Cl2N2O5. The Morgan fingerprint density at radius 1 is 1.24 bits per heavy atom. The lowest BCUT2D eigenvalue weighted by atomic mass is 9.48. The molecule has 2 bridgehead atoms. The predicted molar refractivity (Wildman–Crippen MR) is 162 cm³/mol. The van der Waals surface area contributed by atoms with E-state index in [0.717, 1.165) is 23.2 Å². The molecule has 1 N–H and O–H groups in total. The zero-order valence-corrected chi connectivity index (χ0v) is 25.9. The maximum absolute atomic E-state index is 14.1. The van der Waals surface area contributed by atoms with E-state index < -0.39 is 23.1 Å². The van der Waals surface area contributed by atoms with Crippen molar-refractivity contribution >= 4 is 35.1 Å². The van der Waals surface area contributed by atoms with E-state index in [9.17, 15) is 14.7 Å². The normalized spacial score (nSPS) is 29.1. The van der Waals surface area contributed by atoms with Gasteiger partial charge in [-0.25, -0.2) is 0 Å². The second-order valence-electron chi connectivity index (χ2n) is 12.7. The molecule has 2 aromatic carbocycles. The van der Waals surface area contributed by atoms with Crippen molar-refractivity contribution in [2.24, 2.45) is 5.92 Å².